The number of hydrogen-bond acceptors (Lipinski definition) is 5. The number of amides is 1. The molecule has 0 radical (unpaired) electrons. The maximum atomic E-state index is 11.8. The van der Waals surface area contributed by atoms with Gasteiger partial charge in [-0.15, -0.1) is 34.9 Å². The smallest absolute Gasteiger partial charge is 0.242 e. The summed E-state index contributed by atoms with van der Waals surface area (Å²) in [5, 5.41) is 6.15. The molecule has 2 rings (SSSR count). The topological polar surface area (TPSA) is 41.5 Å². The second-order valence-corrected chi connectivity index (χ2v) is 8.62. The first-order valence-electron chi connectivity index (χ1n) is 5.74. The van der Waals surface area contributed by atoms with Crippen molar-refractivity contribution in [1.82, 2.24) is 5.43 Å². The van der Waals surface area contributed by atoms with Gasteiger partial charge < -0.3 is 0 Å². The summed E-state index contributed by atoms with van der Waals surface area (Å²) in [5.41, 5.74) is 3.51. The highest BCUT2D eigenvalue weighted by Gasteiger charge is 2.32. The third-order valence-electron chi connectivity index (χ3n) is 2.61. The second-order valence-electron chi connectivity index (χ2n) is 4.22. The van der Waals surface area contributed by atoms with Crippen molar-refractivity contribution in [3.63, 3.8) is 0 Å². The summed E-state index contributed by atoms with van der Waals surface area (Å²) < 4.78 is 0.0242. The van der Waals surface area contributed by atoms with Crippen LogP contribution in [0.1, 0.15) is 25.1 Å². The number of carbonyl (C=O) groups excluding carboxylic acids is 1. The van der Waals surface area contributed by atoms with Crippen molar-refractivity contribution >= 4 is 46.5 Å². The van der Waals surface area contributed by atoms with Gasteiger partial charge in [0.15, 0.2) is 0 Å². The van der Waals surface area contributed by atoms with Gasteiger partial charge in [0, 0.05) is 16.4 Å². The first-order chi connectivity index (χ1) is 8.59. The maximum absolute atomic E-state index is 11.8. The molecule has 6 heteroatoms. The van der Waals surface area contributed by atoms with Gasteiger partial charge in [-0.25, -0.2) is 5.43 Å². The number of hydrogen-bond donors (Lipinski definition) is 1. The van der Waals surface area contributed by atoms with E-state index in [1.54, 1.807) is 11.3 Å². The summed E-state index contributed by atoms with van der Waals surface area (Å²) in [6.45, 7) is 4.04. The van der Waals surface area contributed by atoms with Crippen molar-refractivity contribution in [3.8, 4) is 0 Å². The Balaban J connectivity index is 1.86. The molecule has 1 aliphatic rings. The molecular formula is C12H16N2OS3. The van der Waals surface area contributed by atoms with Crippen molar-refractivity contribution < 1.29 is 4.79 Å². The lowest BCUT2D eigenvalue weighted by molar-refractivity contribution is -0.121. The first kappa shape index (κ1) is 14.0. The molecule has 98 valence electrons. The maximum Gasteiger partial charge on any atom is 0.242 e. The van der Waals surface area contributed by atoms with Crippen LogP contribution in [0.5, 0.6) is 0 Å². The van der Waals surface area contributed by atoms with Gasteiger partial charge in [-0.2, -0.15) is 5.10 Å². The van der Waals surface area contributed by atoms with Crippen molar-refractivity contribution in [3.05, 3.63) is 22.4 Å². The van der Waals surface area contributed by atoms with E-state index in [0.717, 1.165) is 22.1 Å². The molecule has 3 nitrogen and oxygen atoms in total. The quantitative estimate of drug-likeness (QED) is 0.686. The average molecular weight is 300 g/mol. The molecule has 1 aromatic heterocycles. The zero-order valence-corrected chi connectivity index (χ0v) is 12.9. The number of carbonyl (C=O) groups is 1. The fourth-order valence-corrected chi connectivity index (χ4v) is 5.18. The van der Waals surface area contributed by atoms with Crippen LogP contribution < -0.4 is 5.43 Å². The van der Waals surface area contributed by atoms with Crippen LogP contribution in [0.2, 0.25) is 0 Å². The standard InChI is InChI=1S/C12H16N2OS3/c1-9(10-4-3-5-16-10)13-14-11(15)8-12(2)17-6-7-18-12/h3-5H,6-8H2,1-2H3,(H,14,15)/b13-9-. The highest BCUT2D eigenvalue weighted by Crippen LogP contribution is 2.45. The number of nitrogens with one attached hydrogen (secondary N) is 1. The fourth-order valence-electron chi connectivity index (χ4n) is 1.68. The lowest BCUT2D eigenvalue weighted by Gasteiger charge is -2.19. The van der Waals surface area contributed by atoms with Crippen LogP contribution in [0.15, 0.2) is 22.6 Å². The Labute approximate surface area is 120 Å². The summed E-state index contributed by atoms with van der Waals surface area (Å²) in [5.74, 6) is 2.26. The molecule has 1 amide bonds. The van der Waals surface area contributed by atoms with Crippen molar-refractivity contribution in [2.24, 2.45) is 5.10 Å². The minimum atomic E-state index is -0.00435. The van der Waals surface area contributed by atoms with Crippen LogP contribution in [0.3, 0.4) is 0 Å². The molecule has 0 bridgehead atoms. The van der Waals surface area contributed by atoms with Crippen LogP contribution in [-0.2, 0) is 4.79 Å². The van der Waals surface area contributed by atoms with Crippen LogP contribution in [0.25, 0.3) is 0 Å². The summed E-state index contributed by atoms with van der Waals surface area (Å²) in [4.78, 5) is 12.9. The zero-order chi connectivity index (χ0) is 13.0. The van der Waals surface area contributed by atoms with Crippen LogP contribution >= 0.6 is 34.9 Å². The average Bonchev–Trinajstić information content (AvgIpc) is 2.97. The summed E-state index contributed by atoms with van der Waals surface area (Å²) >= 11 is 5.35. The van der Waals surface area contributed by atoms with Gasteiger partial charge in [0.1, 0.15) is 0 Å². The Morgan fingerprint density at radius 1 is 1.50 bits per heavy atom. The predicted molar refractivity (Wildman–Crippen MR) is 82.6 cm³/mol. The molecule has 0 unspecified atom stereocenters. The number of thioether (sulfide) groups is 2. The summed E-state index contributed by atoms with van der Waals surface area (Å²) in [7, 11) is 0. The van der Waals surface area contributed by atoms with E-state index in [2.05, 4.69) is 17.5 Å². The molecule has 0 aliphatic carbocycles. The molecule has 0 spiro atoms. The van der Waals surface area contributed by atoms with Crippen LogP contribution in [-0.4, -0.2) is 27.2 Å². The van der Waals surface area contributed by atoms with Crippen molar-refractivity contribution in [2.45, 2.75) is 24.3 Å². The van der Waals surface area contributed by atoms with E-state index in [9.17, 15) is 4.79 Å². The van der Waals surface area contributed by atoms with Crippen molar-refractivity contribution in [2.75, 3.05) is 11.5 Å². The minimum absolute atomic E-state index is 0.00435. The van der Waals surface area contributed by atoms with Gasteiger partial charge in [0.25, 0.3) is 0 Å². The van der Waals surface area contributed by atoms with E-state index in [1.807, 2.05) is 48.0 Å². The van der Waals surface area contributed by atoms with E-state index >= 15 is 0 Å². The van der Waals surface area contributed by atoms with E-state index in [1.165, 1.54) is 0 Å². The van der Waals surface area contributed by atoms with Gasteiger partial charge >= 0.3 is 0 Å². The van der Waals surface area contributed by atoms with Gasteiger partial charge in [0.2, 0.25) is 5.91 Å². The highest BCUT2D eigenvalue weighted by atomic mass is 32.2. The number of rotatable bonds is 4. The molecule has 2 heterocycles. The fraction of sp³-hybridized carbons (Fsp3) is 0.500. The summed E-state index contributed by atoms with van der Waals surface area (Å²) in [6, 6.07) is 3.98. The van der Waals surface area contributed by atoms with Crippen LogP contribution in [0, 0.1) is 0 Å². The number of thiophene rings is 1. The number of nitrogens with zero attached hydrogens (tertiary/aromatic N) is 1. The van der Waals surface area contributed by atoms with Crippen LogP contribution in [0.4, 0.5) is 0 Å². The summed E-state index contributed by atoms with van der Waals surface area (Å²) in [6.07, 6.45) is 0.517. The van der Waals surface area contributed by atoms with Gasteiger partial charge in [0.05, 0.1) is 16.2 Å². The Morgan fingerprint density at radius 3 is 2.83 bits per heavy atom. The third kappa shape index (κ3) is 3.76. The monoisotopic (exact) mass is 300 g/mol. The first-order valence-corrected chi connectivity index (χ1v) is 8.59. The lowest BCUT2D eigenvalue weighted by atomic mass is 10.3. The van der Waals surface area contributed by atoms with E-state index in [-0.39, 0.29) is 9.99 Å². The normalized spacial score (nSPS) is 18.9. The van der Waals surface area contributed by atoms with Gasteiger partial charge in [-0.3, -0.25) is 4.79 Å². The molecule has 18 heavy (non-hydrogen) atoms. The van der Waals surface area contributed by atoms with Gasteiger partial charge in [-0.05, 0) is 25.3 Å². The zero-order valence-electron chi connectivity index (χ0n) is 10.4. The molecule has 0 aromatic carbocycles. The third-order valence-corrected chi connectivity index (χ3v) is 6.88. The van der Waals surface area contributed by atoms with Crippen molar-refractivity contribution in [1.29, 1.82) is 0 Å². The molecule has 1 saturated heterocycles. The molecule has 1 aliphatic heterocycles. The lowest BCUT2D eigenvalue weighted by Crippen LogP contribution is -2.26. The highest BCUT2D eigenvalue weighted by molar-refractivity contribution is 8.21. The minimum Gasteiger partial charge on any atom is -0.273 e. The van der Waals surface area contributed by atoms with E-state index < -0.39 is 0 Å². The Bertz CT molecular complexity index is 436. The Kier molecular flexibility index (Phi) is 4.75. The Hall–Kier alpha value is -0.460. The Morgan fingerprint density at radius 2 is 2.22 bits per heavy atom. The molecule has 0 atom stereocenters. The number of hydrazone groups is 1. The molecular weight excluding hydrogens is 284 g/mol. The molecule has 1 fully saturated rings. The molecule has 1 N–H and O–H groups in total. The molecule has 1 aromatic rings. The van der Waals surface area contributed by atoms with Gasteiger partial charge in [-0.1, -0.05) is 6.07 Å². The molecule has 0 saturated carbocycles. The predicted octanol–water partition coefficient (Wildman–Crippen LogP) is 3.17. The van der Waals surface area contributed by atoms with E-state index in [0.29, 0.717) is 6.42 Å². The largest absolute Gasteiger partial charge is 0.273 e. The SMILES string of the molecule is C/C(=N/NC(=O)CC1(C)SCCS1)c1cccs1. The second kappa shape index (κ2) is 6.12. The van der Waals surface area contributed by atoms with E-state index in [4.69, 9.17) is 0 Å².